The van der Waals surface area contributed by atoms with E-state index in [4.69, 9.17) is 0 Å². The molecule has 3 unspecified atom stereocenters. The first-order chi connectivity index (χ1) is 18.6. The van der Waals surface area contributed by atoms with Crippen molar-refractivity contribution in [2.24, 2.45) is 23.7 Å². The number of carbonyl (C=O) groups excluding carboxylic acids is 3. The molecule has 0 N–H and O–H groups in total. The van der Waals surface area contributed by atoms with Crippen molar-refractivity contribution in [2.75, 3.05) is 0 Å². The van der Waals surface area contributed by atoms with Gasteiger partial charge in [0.2, 0.25) is 0 Å². The highest BCUT2D eigenvalue weighted by Crippen LogP contribution is 2.40. The quantitative estimate of drug-likeness (QED) is 0.235. The zero-order valence-corrected chi connectivity index (χ0v) is 26.6. The van der Waals surface area contributed by atoms with Gasteiger partial charge in [0.25, 0.3) is 0 Å². The average molecular weight is 539 g/mol. The second-order valence-electron chi connectivity index (χ2n) is 13.0. The normalized spacial score (nSPS) is 18.9. The second-order valence-corrected chi connectivity index (χ2v) is 13.0. The molecular formula is C36H58O3. The molecule has 0 spiro atoms. The van der Waals surface area contributed by atoms with E-state index in [2.05, 4.69) is 54.5 Å². The van der Waals surface area contributed by atoms with Gasteiger partial charge in [-0.2, -0.15) is 0 Å². The molecule has 0 radical (unpaired) electrons. The maximum absolute atomic E-state index is 13.7. The molecule has 220 valence electrons. The summed E-state index contributed by atoms with van der Waals surface area (Å²) >= 11 is 0. The lowest BCUT2D eigenvalue weighted by Gasteiger charge is -2.33. The minimum atomic E-state index is -0.0744. The topological polar surface area (TPSA) is 51.2 Å². The van der Waals surface area contributed by atoms with E-state index in [1.54, 1.807) is 0 Å². The summed E-state index contributed by atoms with van der Waals surface area (Å²) in [5.74, 6) is 2.06. The summed E-state index contributed by atoms with van der Waals surface area (Å²) in [5.41, 5.74) is 6.28. The predicted octanol–water partition coefficient (Wildman–Crippen LogP) is 9.78. The van der Waals surface area contributed by atoms with Crippen molar-refractivity contribution in [2.45, 2.75) is 151 Å². The van der Waals surface area contributed by atoms with Gasteiger partial charge in [0.15, 0.2) is 5.78 Å². The number of hydrogen-bond acceptors (Lipinski definition) is 3. The standard InChI is InChI=1S/C33H50O3.C3H8/c1-7-11-27(28(8-2)31(35)16-22(5)34)17-25-18-30-29(21(3)4)20-26(15-14-24-12-9-10-13-24)23(6)33(30)32(36)19-25;1-3-2/h20-21,24-25,27-28H,7-19H2,1-6H3;3H2,1-2H3. The number of Topliss-reactive ketones (excluding diaryl/α,β-unsaturated/α-hetero) is 3. The molecular weight excluding hydrogens is 480 g/mol. The van der Waals surface area contributed by atoms with Crippen LogP contribution in [0.15, 0.2) is 6.07 Å². The Bertz CT molecular complexity index is 951. The monoisotopic (exact) mass is 538 g/mol. The van der Waals surface area contributed by atoms with Gasteiger partial charge in [-0.1, -0.05) is 92.6 Å². The molecule has 0 saturated heterocycles. The van der Waals surface area contributed by atoms with Crippen LogP contribution >= 0.6 is 0 Å². The number of fused-ring (bicyclic) bond motifs is 1. The Morgan fingerprint density at radius 3 is 2.18 bits per heavy atom. The van der Waals surface area contributed by atoms with Crippen molar-refractivity contribution in [1.82, 2.24) is 0 Å². The van der Waals surface area contributed by atoms with Crippen molar-refractivity contribution in [1.29, 1.82) is 0 Å². The summed E-state index contributed by atoms with van der Waals surface area (Å²) < 4.78 is 0. The molecule has 0 amide bonds. The average Bonchev–Trinajstić information content (AvgIpc) is 3.37. The minimum Gasteiger partial charge on any atom is -0.300 e. The van der Waals surface area contributed by atoms with Gasteiger partial charge < -0.3 is 0 Å². The number of hydrogen-bond donors (Lipinski definition) is 0. The van der Waals surface area contributed by atoms with Crippen LogP contribution in [0.4, 0.5) is 0 Å². The van der Waals surface area contributed by atoms with E-state index < -0.39 is 0 Å². The highest BCUT2D eigenvalue weighted by atomic mass is 16.1. The number of rotatable bonds is 13. The SMILES string of the molecule is CCC.CCCC(CC1CC(=O)c2c(C)c(CCC3CCCC3)cc(C(C)C)c2C1)C(CC)C(=O)CC(C)=O. The van der Waals surface area contributed by atoms with Crippen LogP contribution in [-0.2, 0) is 22.4 Å². The number of ketones is 3. The van der Waals surface area contributed by atoms with Gasteiger partial charge in [-0.3, -0.25) is 14.4 Å². The van der Waals surface area contributed by atoms with Gasteiger partial charge in [0, 0.05) is 17.9 Å². The van der Waals surface area contributed by atoms with Crippen LogP contribution < -0.4 is 0 Å². The lowest BCUT2D eigenvalue weighted by Crippen LogP contribution is -2.30. The Labute approximate surface area is 240 Å². The Morgan fingerprint density at radius 2 is 1.64 bits per heavy atom. The van der Waals surface area contributed by atoms with Gasteiger partial charge in [-0.05, 0) is 91.9 Å². The van der Waals surface area contributed by atoms with Crippen LogP contribution in [0.5, 0.6) is 0 Å². The molecule has 0 aromatic heterocycles. The van der Waals surface area contributed by atoms with Crippen LogP contribution in [0.2, 0.25) is 0 Å². The smallest absolute Gasteiger partial charge is 0.163 e. The Hall–Kier alpha value is -1.77. The summed E-state index contributed by atoms with van der Waals surface area (Å²) in [6.07, 6.45) is 14.3. The lowest BCUT2D eigenvalue weighted by atomic mass is 9.70. The molecule has 39 heavy (non-hydrogen) atoms. The molecule has 1 aromatic carbocycles. The molecule has 2 aliphatic carbocycles. The first-order valence-electron chi connectivity index (χ1n) is 16.3. The molecule has 3 nitrogen and oxygen atoms in total. The number of carbonyl (C=O) groups is 3. The first-order valence-corrected chi connectivity index (χ1v) is 16.3. The zero-order valence-electron chi connectivity index (χ0n) is 26.6. The Kier molecular flexibility index (Phi) is 14.1. The lowest BCUT2D eigenvalue weighted by molar-refractivity contribution is -0.129. The van der Waals surface area contributed by atoms with E-state index in [0.717, 1.165) is 50.0 Å². The highest BCUT2D eigenvalue weighted by Gasteiger charge is 2.34. The summed E-state index contributed by atoms with van der Waals surface area (Å²) in [5, 5.41) is 0. The van der Waals surface area contributed by atoms with Crippen molar-refractivity contribution < 1.29 is 14.4 Å². The van der Waals surface area contributed by atoms with E-state index in [1.807, 2.05) is 0 Å². The molecule has 3 heteroatoms. The maximum Gasteiger partial charge on any atom is 0.163 e. The van der Waals surface area contributed by atoms with E-state index in [0.29, 0.717) is 18.1 Å². The van der Waals surface area contributed by atoms with Gasteiger partial charge in [0.05, 0.1) is 6.42 Å². The Balaban J connectivity index is 0.00000170. The van der Waals surface area contributed by atoms with E-state index >= 15 is 0 Å². The summed E-state index contributed by atoms with van der Waals surface area (Å²) in [4.78, 5) is 38.2. The summed E-state index contributed by atoms with van der Waals surface area (Å²) in [6, 6.07) is 2.43. The molecule has 3 atom stereocenters. The van der Waals surface area contributed by atoms with Gasteiger partial charge in [0.1, 0.15) is 11.6 Å². The molecule has 0 aliphatic heterocycles. The minimum absolute atomic E-state index is 0.0451. The van der Waals surface area contributed by atoms with Crippen LogP contribution in [0.3, 0.4) is 0 Å². The third kappa shape index (κ3) is 9.39. The third-order valence-electron chi connectivity index (χ3n) is 9.14. The van der Waals surface area contributed by atoms with Crippen LogP contribution in [0.25, 0.3) is 0 Å². The fourth-order valence-corrected chi connectivity index (χ4v) is 7.32. The summed E-state index contributed by atoms with van der Waals surface area (Å²) in [7, 11) is 0. The molecule has 1 saturated carbocycles. The van der Waals surface area contributed by atoms with Crippen LogP contribution in [-0.4, -0.2) is 17.3 Å². The van der Waals surface area contributed by atoms with E-state index in [9.17, 15) is 14.4 Å². The van der Waals surface area contributed by atoms with Crippen molar-refractivity contribution in [3.8, 4) is 0 Å². The number of benzene rings is 1. The molecule has 2 aliphatic rings. The van der Waals surface area contributed by atoms with Crippen LogP contribution in [0.1, 0.15) is 164 Å². The Morgan fingerprint density at radius 1 is 1.00 bits per heavy atom. The van der Waals surface area contributed by atoms with Crippen molar-refractivity contribution in [3.05, 3.63) is 33.9 Å². The summed E-state index contributed by atoms with van der Waals surface area (Å²) in [6.45, 7) is 16.7. The first kappa shape index (κ1) is 33.4. The van der Waals surface area contributed by atoms with Gasteiger partial charge >= 0.3 is 0 Å². The molecule has 0 heterocycles. The zero-order chi connectivity index (χ0) is 29.1. The van der Waals surface area contributed by atoms with E-state index in [1.165, 1.54) is 67.7 Å². The third-order valence-corrected chi connectivity index (χ3v) is 9.14. The van der Waals surface area contributed by atoms with Gasteiger partial charge in [-0.15, -0.1) is 0 Å². The number of aryl methyl sites for hydroxylation is 1. The van der Waals surface area contributed by atoms with Crippen molar-refractivity contribution in [3.63, 3.8) is 0 Å². The van der Waals surface area contributed by atoms with Crippen LogP contribution in [0, 0.1) is 30.6 Å². The fraction of sp³-hybridized carbons (Fsp3) is 0.750. The molecule has 1 fully saturated rings. The molecule has 1 aromatic rings. The predicted molar refractivity (Wildman–Crippen MR) is 165 cm³/mol. The fourth-order valence-electron chi connectivity index (χ4n) is 7.32. The highest BCUT2D eigenvalue weighted by molar-refractivity contribution is 6.01. The molecule has 0 bridgehead atoms. The van der Waals surface area contributed by atoms with E-state index in [-0.39, 0.29) is 35.7 Å². The van der Waals surface area contributed by atoms with Gasteiger partial charge in [-0.25, -0.2) is 0 Å². The second kappa shape index (κ2) is 16.5. The maximum atomic E-state index is 13.7. The molecule has 3 rings (SSSR count). The largest absolute Gasteiger partial charge is 0.300 e. The van der Waals surface area contributed by atoms with Crippen molar-refractivity contribution >= 4 is 17.3 Å².